The zero-order valence-electron chi connectivity index (χ0n) is 14.4. The Morgan fingerprint density at radius 1 is 1.26 bits per heavy atom. The Bertz CT molecular complexity index is 444. The van der Waals surface area contributed by atoms with Crippen molar-refractivity contribution in [2.45, 2.75) is 58.3 Å². The van der Waals surface area contributed by atoms with Gasteiger partial charge in [0.2, 0.25) is 5.84 Å². The van der Waals surface area contributed by atoms with E-state index in [-0.39, 0.29) is 6.54 Å². The summed E-state index contributed by atoms with van der Waals surface area (Å²) in [6.07, 6.45) is 17.2. The van der Waals surface area contributed by atoms with Crippen LogP contribution in [0.25, 0.3) is 0 Å². The van der Waals surface area contributed by atoms with E-state index >= 15 is 0 Å². The Kier molecular flexibility index (Phi) is 9.48. The van der Waals surface area contributed by atoms with Crippen molar-refractivity contribution < 1.29 is 14.4 Å². The van der Waals surface area contributed by atoms with Gasteiger partial charge in [-0.2, -0.15) is 0 Å². The van der Waals surface area contributed by atoms with Crippen LogP contribution in [0.5, 0.6) is 0 Å². The predicted octanol–water partition coefficient (Wildman–Crippen LogP) is 3.43. The average molecular weight is 322 g/mol. The molecule has 3 N–H and O–H groups in total. The molecule has 0 aliphatic carbocycles. The number of nitrogens with zero attached hydrogens (tertiary/aromatic N) is 2. The summed E-state index contributed by atoms with van der Waals surface area (Å²) in [5.41, 5.74) is 5.67. The zero-order chi connectivity index (χ0) is 17.0. The number of aliphatic carboxylic acids is 1. The van der Waals surface area contributed by atoms with Gasteiger partial charge in [0, 0.05) is 13.0 Å². The molecule has 0 aromatic rings. The molecule has 0 radical (unpaired) electrons. The number of amidine groups is 1. The van der Waals surface area contributed by atoms with Crippen molar-refractivity contribution in [2.24, 2.45) is 10.7 Å². The van der Waals surface area contributed by atoms with Crippen LogP contribution in [0.15, 0.2) is 29.5 Å². The molecule has 5 nitrogen and oxygen atoms in total. The van der Waals surface area contributed by atoms with Gasteiger partial charge < -0.3 is 10.8 Å². The van der Waals surface area contributed by atoms with E-state index in [0.29, 0.717) is 17.6 Å². The molecule has 0 bridgehead atoms. The van der Waals surface area contributed by atoms with Gasteiger partial charge in [0.05, 0.1) is 6.20 Å². The largest absolute Gasteiger partial charge is 0.477 e. The smallest absolute Gasteiger partial charge is 0.360 e. The van der Waals surface area contributed by atoms with Crippen molar-refractivity contribution in [3.05, 3.63) is 24.6 Å². The van der Waals surface area contributed by atoms with E-state index in [0.717, 1.165) is 31.5 Å². The van der Waals surface area contributed by atoms with Gasteiger partial charge in [0.1, 0.15) is 12.7 Å². The van der Waals surface area contributed by atoms with Crippen molar-refractivity contribution in [2.75, 3.05) is 19.6 Å². The van der Waals surface area contributed by atoms with Crippen LogP contribution in [0, 0.1) is 0 Å². The number of unbranched alkanes of at least 4 members (excludes halogenated alkanes) is 5. The molecule has 1 rings (SSSR count). The van der Waals surface area contributed by atoms with Crippen LogP contribution >= 0.6 is 0 Å². The Labute approximate surface area is 140 Å². The molecule has 0 aromatic carbocycles. The topological polar surface area (TPSA) is 75.7 Å². The molecule has 0 amide bonds. The number of carboxylic acid groups (broad SMARTS) is 1. The van der Waals surface area contributed by atoms with E-state index in [4.69, 9.17) is 10.8 Å². The molecule has 130 valence electrons. The van der Waals surface area contributed by atoms with E-state index in [2.05, 4.69) is 24.1 Å². The lowest BCUT2D eigenvalue weighted by Crippen LogP contribution is -2.52. The molecule has 0 saturated heterocycles. The van der Waals surface area contributed by atoms with Gasteiger partial charge in [-0.3, -0.25) is 0 Å². The Morgan fingerprint density at radius 2 is 2.00 bits per heavy atom. The fourth-order valence-corrected chi connectivity index (χ4v) is 2.91. The number of quaternary nitrogens is 1. The quantitative estimate of drug-likeness (QED) is 0.310. The molecule has 1 atom stereocenters. The first-order valence-corrected chi connectivity index (χ1v) is 8.83. The number of carboxylic acids is 1. The minimum Gasteiger partial charge on any atom is -0.477 e. The maximum absolute atomic E-state index is 11.2. The monoisotopic (exact) mass is 322 g/mol. The van der Waals surface area contributed by atoms with Gasteiger partial charge in [0.25, 0.3) is 0 Å². The molecule has 1 aliphatic heterocycles. The van der Waals surface area contributed by atoms with Crippen LogP contribution in [0.1, 0.15) is 58.3 Å². The highest BCUT2D eigenvalue weighted by atomic mass is 16.4. The lowest BCUT2D eigenvalue weighted by molar-refractivity contribution is -0.778. The summed E-state index contributed by atoms with van der Waals surface area (Å²) in [6, 6.07) is 0. The summed E-state index contributed by atoms with van der Waals surface area (Å²) < 4.78 is 0.294. The van der Waals surface area contributed by atoms with Crippen molar-refractivity contribution in [1.82, 2.24) is 0 Å². The summed E-state index contributed by atoms with van der Waals surface area (Å²) in [5.74, 6) is 0.131. The first-order valence-electron chi connectivity index (χ1n) is 8.83. The molecule has 1 heterocycles. The fourth-order valence-electron chi connectivity index (χ4n) is 2.91. The molecule has 23 heavy (non-hydrogen) atoms. The van der Waals surface area contributed by atoms with Crippen LogP contribution in [0.4, 0.5) is 0 Å². The highest BCUT2D eigenvalue weighted by Crippen LogP contribution is 2.20. The van der Waals surface area contributed by atoms with Gasteiger partial charge in [0.15, 0.2) is 6.54 Å². The standard InChI is InChI=1S/C18H31N3O2/c1-2-3-4-5-6-7-8-9-10-11-17-20-13-15-21(17,14-12-19)16-18(22)23/h5-6,13,15H,2-4,7-12,14,16,19H2,1H3/p+1/b6-5+. The van der Waals surface area contributed by atoms with Gasteiger partial charge in [-0.05, 0) is 25.7 Å². The first-order chi connectivity index (χ1) is 11.1. The number of allylic oxidation sites excluding steroid dienone is 2. The van der Waals surface area contributed by atoms with Crippen LogP contribution in [0.2, 0.25) is 0 Å². The van der Waals surface area contributed by atoms with Crippen LogP contribution < -0.4 is 5.73 Å². The highest BCUT2D eigenvalue weighted by Gasteiger charge is 2.36. The van der Waals surface area contributed by atoms with Crippen LogP contribution in [0.3, 0.4) is 0 Å². The maximum atomic E-state index is 11.2. The van der Waals surface area contributed by atoms with E-state index in [1.807, 2.05) is 6.20 Å². The van der Waals surface area contributed by atoms with Gasteiger partial charge in [-0.1, -0.05) is 38.3 Å². The molecule has 0 aromatic heterocycles. The number of carbonyl (C=O) groups is 1. The van der Waals surface area contributed by atoms with Crippen LogP contribution in [-0.2, 0) is 4.79 Å². The third kappa shape index (κ3) is 7.10. The predicted molar refractivity (Wildman–Crippen MR) is 95.0 cm³/mol. The average Bonchev–Trinajstić information content (AvgIpc) is 2.87. The summed E-state index contributed by atoms with van der Waals surface area (Å²) in [7, 11) is 0. The SMILES string of the molecule is CCCC/C=C/CCCCCC1=NC=C[N+]1(CCN)CC(=O)O. The highest BCUT2D eigenvalue weighted by molar-refractivity contribution is 5.81. The number of rotatable bonds is 13. The minimum absolute atomic E-state index is 0.0344. The minimum atomic E-state index is -0.810. The number of hydrogen-bond donors (Lipinski definition) is 2. The number of aliphatic imine (C=N–C) groups is 1. The molecular weight excluding hydrogens is 290 g/mol. The summed E-state index contributed by atoms with van der Waals surface area (Å²) in [4.78, 5) is 15.6. The van der Waals surface area contributed by atoms with E-state index < -0.39 is 5.97 Å². The van der Waals surface area contributed by atoms with Crippen molar-refractivity contribution in [1.29, 1.82) is 0 Å². The molecule has 0 saturated carbocycles. The van der Waals surface area contributed by atoms with E-state index in [1.165, 1.54) is 25.7 Å². The Balaban J connectivity index is 2.30. The third-order valence-electron chi connectivity index (χ3n) is 4.20. The second-order valence-electron chi connectivity index (χ2n) is 6.15. The summed E-state index contributed by atoms with van der Waals surface area (Å²) in [5, 5.41) is 9.16. The lowest BCUT2D eigenvalue weighted by atomic mass is 10.1. The molecule has 1 aliphatic rings. The third-order valence-corrected chi connectivity index (χ3v) is 4.20. The maximum Gasteiger partial charge on any atom is 0.360 e. The molecular formula is C18H32N3O2+. The normalized spacial score (nSPS) is 20.3. The Hall–Kier alpha value is -1.46. The van der Waals surface area contributed by atoms with Crippen molar-refractivity contribution in [3.8, 4) is 0 Å². The molecule has 0 spiro atoms. The number of hydrogen-bond acceptors (Lipinski definition) is 3. The van der Waals surface area contributed by atoms with Gasteiger partial charge >= 0.3 is 5.97 Å². The first kappa shape index (κ1) is 19.6. The van der Waals surface area contributed by atoms with E-state index in [9.17, 15) is 4.79 Å². The zero-order valence-corrected chi connectivity index (χ0v) is 14.4. The lowest BCUT2D eigenvalue weighted by Gasteiger charge is -2.30. The van der Waals surface area contributed by atoms with Gasteiger partial charge in [-0.15, -0.1) is 0 Å². The summed E-state index contributed by atoms with van der Waals surface area (Å²) in [6.45, 7) is 3.30. The summed E-state index contributed by atoms with van der Waals surface area (Å²) >= 11 is 0. The van der Waals surface area contributed by atoms with Crippen molar-refractivity contribution >= 4 is 11.8 Å². The Morgan fingerprint density at radius 3 is 2.65 bits per heavy atom. The van der Waals surface area contributed by atoms with Gasteiger partial charge in [-0.25, -0.2) is 14.3 Å². The molecule has 1 unspecified atom stereocenters. The fraction of sp³-hybridized carbons (Fsp3) is 0.667. The molecule has 0 fully saturated rings. The molecule has 5 heteroatoms. The second kappa shape index (κ2) is 11.1. The second-order valence-corrected chi connectivity index (χ2v) is 6.15. The van der Waals surface area contributed by atoms with E-state index in [1.54, 1.807) is 6.20 Å². The van der Waals surface area contributed by atoms with Crippen molar-refractivity contribution in [3.63, 3.8) is 0 Å². The number of nitrogens with two attached hydrogens (primary N) is 1. The van der Waals surface area contributed by atoms with Crippen LogP contribution in [-0.4, -0.2) is 41.0 Å².